The van der Waals surface area contributed by atoms with E-state index in [9.17, 15) is 19.7 Å². The molecular weight excluding hydrogens is 314 g/mol. The number of amides is 1. The lowest BCUT2D eigenvalue weighted by Crippen LogP contribution is -2.24. The number of carbonyl (C=O) groups is 1. The number of anilines is 1. The van der Waals surface area contributed by atoms with Gasteiger partial charge in [-0.25, -0.2) is 4.79 Å². The van der Waals surface area contributed by atoms with Crippen molar-refractivity contribution in [2.45, 2.75) is 13.5 Å². The predicted octanol–water partition coefficient (Wildman–Crippen LogP) is 2.45. The Bertz CT molecular complexity index is 985. The Morgan fingerprint density at radius 3 is 2.62 bits per heavy atom. The van der Waals surface area contributed by atoms with Gasteiger partial charge >= 0.3 is 5.76 Å². The van der Waals surface area contributed by atoms with E-state index >= 15 is 0 Å². The molecule has 3 aromatic rings. The number of benzene rings is 2. The molecule has 0 spiro atoms. The van der Waals surface area contributed by atoms with Gasteiger partial charge in [-0.15, -0.1) is 0 Å². The minimum Gasteiger partial charge on any atom is -0.407 e. The van der Waals surface area contributed by atoms with Gasteiger partial charge in [-0.3, -0.25) is 19.5 Å². The van der Waals surface area contributed by atoms with Crippen LogP contribution in [0, 0.1) is 17.0 Å². The van der Waals surface area contributed by atoms with Crippen LogP contribution >= 0.6 is 0 Å². The molecule has 1 amide bonds. The standard InChI is InChI=1S/C16H13N3O5/c1-10-2-4-11(5-3-10)17-15(20)9-18-13-7-6-12(19(22)23)8-14(13)24-16(18)21/h2-8H,9H2,1H3,(H,17,20). The highest BCUT2D eigenvalue weighted by atomic mass is 16.6. The number of nitrogens with one attached hydrogen (secondary N) is 1. The number of hydrogen-bond donors (Lipinski definition) is 1. The number of nitro groups is 1. The molecule has 0 atom stereocenters. The second kappa shape index (κ2) is 5.99. The smallest absolute Gasteiger partial charge is 0.407 e. The van der Waals surface area contributed by atoms with Gasteiger partial charge in [-0.05, 0) is 25.1 Å². The quantitative estimate of drug-likeness (QED) is 0.585. The Morgan fingerprint density at radius 1 is 1.25 bits per heavy atom. The zero-order valence-corrected chi connectivity index (χ0v) is 12.7. The second-order valence-electron chi connectivity index (χ2n) is 5.28. The van der Waals surface area contributed by atoms with Crippen LogP contribution in [0.5, 0.6) is 0 Å². The molecule has 2 aromatic carbocycles. The van der Waals surface area contributed by atoms with Crippen molar-refractivity contribution in [3.8, 4) is 0 Å². The molecule has 24 heavy (non-hydrogen) atoms. The third-order valence-corrected chi connectivity index (χ3v) is 3.50. The molecule has 0 saturated heterocycles. The summed E-state index contributed by atoms with van der Waals surface area (Å²) in [5, 5.41) is 13.4. The summed E-state index contributed by atoms with van der Waals surface area (Å²) in [7, 11) is 0. The molecule has 8 nitrogen and oxygen atoms in total. The van der Waals surface area contributed by atoms with E-state index in [0.29, 0.717) is 11.2 Å². The summed E-state index contributed by atoms with van der Waals surface area (Å²) < 4.78 is 6.11. The van der Waals surface area contributed by atoms with Crippen LogP contribution < -0.4 is 11.1 Å². The molecule has 0 saturated carbocycles. The van der Waals surface area contributed by atoms with Gasteiger partial charge in [0.05, 0.1) is 16.5 Å². The summed E-state index contributed by atoms with van der Waals surface area (Å²) in [6, 6.07) is 11.0. The van der Waals surface area contributed by atoms with Gasteiger partial charge in [-0.1, -0.05) is 17.7 Å². The topological polar surface area (TPSA) is 107 Å². The van der Waals surface area contributed by atoms with Gasteiger partial charge in [-0.2, -0.15) is 0 Å². The van der Waals surface area contributed by atoms with Crippen molar-refractivity contribution in [1.29, 1.82) is 0 Å². The molecule has 8 heteroatoms. The van der Waals surface area contributed by atoms with Crippen molar-refractivity contribution in [3.05, 3.63) is 68.7 Å². The first-order valence-corrected chi connectivity index (χ1v) is 7.08. The van der Waals surface area contributed by atoms with E-state index in [2.05, 4.69) is 5.32 Å². The fraction of sp³-hybridized carbons (Fsp3) is 0.125. The Balaban J connectivity index is 1.85. The van der Waals surface area contributed by atoms with E-state index < -0.39 is 16.6 Å². The summed E-state index contributed by atoms with van der Waals surface area (Å²) in [4.78, 5) is 34.2. The first-order chi connectivity index (χ1) is 11.4. The molecule has 1 aromatic heterocycles. The van der Waals surface area contributed by atoms with Crippen molar-refractivity contribution in [2.24, 2.45) is 0 Å². The zero-order valence-electron chi connectivity index (χ0n) is 12.7. The van der Waals surface area contributed by atoms with Crippen molar-refractivity contribution >= 4 is 28.4 Å². The van der Waals surface area contributed by atoms with Crippen LogP contribution in [0.15, 0.2) is 51.7 Å². The van der Waals surface area contributed by atoms with E-state index in [-0.39, 0.29) is 17.8 Å². The molecule has 0 bridgehead atoms. The van der Waals surface area contributed by atoms with Gasteiger partial charge < -0.3 is 9.73 Å². The molecule has 1 heterocycles. The fourth-order valence-electron chi connectivity index (χ4n) is 2.30. The Labute approximate surface area is 135 Å². The molecule has 0 radical (unpaired) electrons. The van der Waals surface area contributed by atoms with E-state index in [4.69, 9.17) is 4.42 Å². The third kappa shape index (κ3) is 3.02. The summed E-state index contributed by atoms with van der Waals surface area (Å²) >= 11 is 0. The minimum absolute atomic E-state index is 0.0670. The molecule has 0 aliphatic rings. The molecule has 1 N–H and O–H groups in total. The van der Waals surface area contributed by atoms with Crippen LogP contribution in [0.4, 0.5) is 11.4 Å². The lowest BCUT2D eigenvalue weighted by molar-refractivity contribution is -0.384. The van der Waals surface area contributed by atoms with Crippen LogP contribution in [-0.4, -0.2) is 15.4 Å². The van der Waals surface area contributed by atoms with E-state index in [0.717, 1.165) is 16.2 Å². The number of hydrogen-bond acceptors (Lipinski definition) is 5. The van der Waals surface area contributed by atoms with Crippen LogP contribution in [0.2, 0.25) is 0 Å². The molecule has 0 aliphatic carbocycles. The molecule has 3 rings (SSSR count). The molecule has 0 unspecified atom stereocenters. The molecule has 0 aliphatic heterocycles. The summed E-state index contributed by atoms with van der Waals surface area (Å²) in [5.74, 6) is -1.15. The van der Waals surface area contributed by atoms with Crippen molar-refractivity contribution in [2.75, 3.05) is 5.32 Å². The molecule has 122 valence electrons. The minimum atomic E-state index is -0.746. The lowest BCUT2D eigenvalue weighted by Gasteiger charge is -2.06. The highest BCUT2D eigenvalue weighted by Gasteiger charge is 2.16. The largest absolute Gasteiger partial charge is 0.420 e. The number of carbonyl (C=O) groups excluding carboxylic acids is 1. The Hall–Kier alpha value is -3.42. The van der Waals surface area contributed by atoms with Crippen molar-refractivity contribution < 1.29 is 14.1 Å². The average Bonchev–Trinajstić information content (AvgIpc) is 2.84. The van der Waals surface area contributed by atoms with Gasteiger partial charge in [0, 0.05) is 11.8 Å². The van der Waals surface area contributed by atoms with E-state index in [1.165, 1.54) is 12.1 Å². The third-order valence-electron chi connectivity index (χ3n) is 3.50. The van der Waals surface area contributed by atoms with Crippen LogP contribution in [0.3, 0.4) is 0 Å². The number of fused-ring (bicyclic) bond motifs is 1. The normalized spacial score (nSPS) is 10.7. The lowest BCUT2D eigenvalue weighted by atomic mass is 10.2. The SMILES string of the molecule is Cc1ccc(NC(=O)Cn2c(=O)oc3cc([N+](=O)[O-])ccc32)cc1. The number of oxazole rings is 1. The van der Waals surface area contributed by atoms with E-state index in [1.807, 2.05) is 19.1 Å². The number of rotatable bonds is 4. The first kappa shape index (κ1) is 15.5. The number of non-ortho nitro benzene ring substituents is 1. The predicted molar refractivity (Wildman–Crippen MR) is 86.9 cm³/mol. The van der Waals surface area contributed by atoms with Gasteiger partial charge in [0.1, 0.15) is 6.54 Å². The Kier molecular flexibility index (Phi) is 3.87. The average molecular weight is 327 g/mol. The number of aromatic nitrogens is 1. The highest BCUT2D eigenvalue weighted by molar-refractivity contribution is 5.91. The number of aryl methyl sites for hydroxylation is 1. The zero-order chi connectivity index (χ0) is 17.3. The maximum atomic E-state index is 12.1. The summed E-state index contributed by atoms with van der Waals surface area (Å²) in [6.07, 6.45) is 0. The fourth-order valence-corrected chi connectivity index (χ4v) is 2.30. The number of nitrogens with zero attached hydrogens (tertiary/aromatic N) is 2. The van der Waals surface area contributed by atoms with Gasteiger partial charge in [0.25, 0.3) is 5.69 Å². The number of nitro benzene ring substituents is 1. The summed E-state index contributed by atoms with van der Waals surface area (Å²) in [6.45, 7) is 1.68. The van der Waals surface area contributed by atoms with Crippen LogP contribution in [-0.2, 0) is 11.3 Å². The maximum absolute atomic E-state index is 12.1. The van der Waals surface area contributed by atoms with E-state index in [1.54, 1.807) is 12.1 Å². The monoisotopic (exact) mass is 327 g/mol. The van der Waals surface area contributed by atoms with Gasteiger partial charge in [0.15, 0.2) is 5.58 Å². The van der Waals surface area contributed by atoms with Gasteiger partial charge in [0.2, 0.25) is 5.91 Å². The first-order valence-electron chi connectivity index (χ1n) is 7.08. The Morgan fingerprint density at radius 2 is 1.96 bits per heavy atom. The maximum Gasteiger partial charge on any atom is 0.420 e. The van der Waals surface area contributed by atoms with Crippen LogP contribution in [0.25, 0.3) is 11.1 Å². The second-order valence-corrected chi connectivity index (χ2v) is 5.28. The molecular formula is C16H13N3O5. The summed E-state index contributed by atoms with van der Waals surface area (Å²) in [5.41, 5.74) is 1.88. The van der Waals surface area contributed by atoms with Crippen LogP contribution in [0.1, 0.15) is 5.56 Å². The molecule has 0 fully saturated rings. The van der Waals surface area contributed by atoms with Crippen molar-refractivity contribution in [3.63, 3.8) is 0 Å². The highest BCUT2D eigenvalue weighted by Crippen LogP contribution is 2.20. The van der Waals surface area contributed by atoms with Crippen molar-refractivity contribution in [1.82, 2.24) is 4.57 Å².